The Morgan fingerprint density at radius 1 is 1.09 bits per heavy atom. The Morgan fingerprint density at radius 3 is 2.53 bits per heavy atom. The summed E-state index contributed by atoms with van der Waals surface area (Å²) in [5, 5.41) is 22.9. The van der Waals surface area contributed by atoms with Crippen molar-refractivity contribution < 1.29 is 9.90 Å². The molecule has 0 bridgehead atoms. The molecule has 34 heavy (non-hydrogen) atoms. The monoisotopic (exact) mass is 532 g/mol. The lowest BCUT2D eigenvalue weighted by atomic mass is 9.68. The SMILES string of the molecule is CC1(C)CC(=O)C2=C(C1)N(c1cccc(Br)c1)C(=N)/C(=C(/O)c1ccccc1)C2c1cccs1. The van der Waals surface area contributed by atoms with Crippen LogP contribution in [0.4, 0.5) is 5.69 Å². The molecule has 172 valence electrons. The summed E-state index contributed by atoms with van der Waals surface area (Å²) < 4.78 is 0.888. The van der Waals surface area contributed by atoms with Crippen molar-refractivity contribution in [1.29, 1.82) is 5.41 Å². The number of hydrogen-bond acceptors (Lipinski definition) is 4. The molecule has 1 unspecified atom stereocenters. The number of aliphatic hydroxyl groups excluding tert-OH is 1. The van der Waals surface area contributed by atoms with Gasteiger partial charge in [-0.05, 0) is 41.5 Å². The molecule has 6 heteroatoms. The summed E-state index contributed by atoms with van der Waals surface area (Å²) in [6.45, 7) is 4.20. The molecule has 2 heterocycles. The van der Waals surface area contributed by atoms with Crippen molar-refractivity contribution in [1.82, 2.24) is 0 Å². The number of aliphatic hydroxyl groups is 1. The Kier molecular flexibility index (Phi) is 5.82. The molecule has 1 aliphatic carbocycles. The molecule has 0 saturated heterocycles. The van der Waals surface area contributed by atoms with Gasteiger partial charge in [-0.15, -0.1) is 11.3 Å². The molecular weight excluding hydrogens is 508 g/mol. The summed E-state index contributed by atoms with van der Waals surface area (Å²) in [6.07, 6.45) is 1.11. The van der Waals surface area contributed by atoms with Crippen molar-refractivity contribution >= 4 is 50.3 Å². The van der Waals surface area contributed by atoms with E-state index in [0.717, 1.165) is 20.7 Å². The maximum Gasteiger partial charge on any atom is 0.162 e. The molecule has 0 amide bonds. The van der Waals surface area contributed by atoms with Gasteiger partial charge >= 0.3 is 0 Å². The van der Waals surface area contributed by atoms with Crippen molar-refractivity contribution in [3.8, 4) is 0 Å². The Labute approximate surface area is 211 Å². The highest BCUT2D eigenvalue weighted by molar-refractivity contribution is 9.10. The van der Waals surface area contributed by atoms with E-state index >= 15 is 0 Å². The van der Waals surface area contributed by atoms with Gasteiger partial charge in [0.05, 0.1) is 11.5 Å². The Morgan fingerprint density at radius 2 is 1.85 bits per heavy atom. The number of nitrogens with zero attached hydrogens (tertiary/aromatic N) is 1. The molecule has 3 aromatic rings. The number of allylic oxidation sites excluding steroid dienone is 2. The number of rotatable bonds is 3. The lowest BCUT2D eigenvalue weighted by Crippen LogP contribution is -2.45. The number of amidine groups is 1. The highest BCUT2D eigenvalue weighted by atomic mass is 79.9. The number of ketones is 1. The molecule has 1 atom stereocenters. The summed E-state index contributed by atoms with van der Waals surface area (Å²) in [4.78, 5) is 16.6. The molecule has 0 saturated carbocycles. The van der Waals surface area contributed by atoms with Crippen LogP contribution in [0.3, 0.4) is 0 Å². The van der Waals surface area contributed by atoms with E-state index in [1.807, 2.05) is 77.0 Å². The van der Waals surface area contributed by atoms with Crippen molar-refractivity contribution in [2.24, 2.45) is 5.41 Å². The van der Waals surface area contributed by atoms with E-state index in [2.05, 4.69) is 29.8 Å². The predicted molar refractivity (Wildman–Crippen MR) is 142 cm³/mol. The first-order chi connectivity index (χ1) is 16.3. The fourth-order valence-electron chi connectivity index (χ4n) is 5.01. The highest BCUT2D eigenvalue weighted by Gasteiger charge is 2.47. The van der Waals surface area contributed by atoms with Crippen LogP contribution < -0.4 is 4.90 Å². The van der Waals surface area contributed by atoms with Crippen LogP contribution in [0.25, 0.3) is 5.76 Å². The van der Waals surface area contributed by atoms with Crippen molar-refractivity contribution in [2.75, 3.05) is 4.90 Å². The smallest absolute Gasteiger partial charge is 0.162 e. The van der Waals surface area contributed by atoms with Crippen molar-refractivity contribution in [3.05, 3.63) is 104 Å². The number of nitrogens with one attached hydrogen (secondary N) is 1. The van der Waals surface area contributed by atoms with Crippen molar-refractivity contribution in [3.63, 3.8) is 0 Å². The van der Waals surface area contributed by atoms with Gasteiger partial charge in [-0.3, -0.25) is 15.1 Å². The number of thiophene rings is 1. The highest BCUT2D eigenvalue weighted by Crippen LogP contribution is 2.52. The molecule has 4 nitrogen and oxygen atoms in total. The molecule has 2 aliphatic rings. The van der Waals surface area contributed by atoms with Crippen LogP contribution >= 0.6 is 27.3 Å². The summed E-state index contributed by atoms with van der Waals surface area (Å²) in [5.41, 5.74) is 3.21. The second-order valence-corrected chi connectivity index (χ2v) is 11.4. The van der Waals surface area contributed by atoms with Gasteiger partial charge in [-0.25, -0.2) is 0 Å². The van der Waals surface area contributed by atoms with Gasteiger partial charge in [0, 0.05) is 38.3 Å². The van der Waals surface area contributed by atoms with Crippen LogP contribution in [0.5, 0.6) is 0 Å². The minimum Gasteiger partial charge on any atom is -0.507 e. The molecule has 0 radical (unpaired) electrons. The largest absolute Gasteiger partial charge is 0.507 e. The van der Waals surface area contributed by atoms with Crippen molar-refractivity contribution in [2.45, 2.75) is 32.6 Å². The summed E-state index contributed by atoms with van der Waals surface area (Å²) in [5.74, 6) is -0.166. The van der Waals surface area contributed by atoms with Crippen LogP contribution in [0.2, 0.25) is 0 Å². The topological polar surface area (TPSA) is 64.4 Å². The normalized spacial score (nSPS) is 21.5. The first kappa shape index (κ1) is 22.8. The fraction of sp³-hybridized carbons (Fsp3) is 0.214. The molecule has 2 aromatic carbocycles. The molecule has 1 aromatic heterocycles. The van der Waals surface area contributed by atoms with Gasteiger partial charge in [0.25, 0.3) is 0 Å². The maximum atomic E-state index is 13.7. The molecule has 0 spiro atoms. The van der Waals surface area contributed by atoms with E-state index in [4.69, 9.17) is 0 Å². The van der Waals surface area contributed by atoms with E-state index in [-0.39, 0.29) is 22.8 Å². The van der Waals surface area contributed by atoms with Gasteiger partial charge in [0.2, 0.25) is 0 Å². The van der Waals surface area contributed by atoms with Gasteiger partial charge < -0.3 is 5.11 Å². The third kappa shape index (κ3) is 3.95. The van der Waals surface area contributed by atoms with Crippen LogP contribution in [0, 0.1) is 10.8 Å². The lowest BCUT2D eigenvalue weighted by molar-refractivity contribution is -0.118. The minimum atomic E-state index is -0.477. The zero-order valence-electron chi connectivity index (χ0n) is 19.0. The second-order valence-electron chi connectivity index (χ2n) is 9.54. The van der Waals surface area contributed by atoms with Gasteiger partial charge in [-0.2, -0.15) is 0 Å². The average Bonchev–Trinajstić information content (AvgIpc) is 3.32. The Balaban J connectivity index is 1.85. The third-order valence-corrected chi connectivity index (χ3v) is 7.85. The second kappa shape index (κ2) is 8.67. The maximum absolute atomic E-state index is 13.7. The third-order valence-electron chi connectivity index (χ3n) is 6.42. The average molecular weight is 533 g/mol. The fourth-order valence-corrected chi connectivity index (χ4v) is 6.24. The lowest BCUT2D eigenvalue weighted by Gasteiger charge is -2.45. The number of carbonyl (C=O) groups is 1. The van der Waals surface area contributed by atoms with E-state index < -0.39 is 5.92 Å². The van der Waals surface area contributed by atoms with Gasteiger partial charge in [0.1, 0.15) is 11.6 Å². The van der Waals surface area contributed by atoms with E-state index in [0.29, 0.717) is 29.6 Å². The molecule has 2 N–H and O–H groups in total. The molecular formula is C28H25BrN2O2S. The van der Waals surface area contributed by atoms with E-state index in [1.54, 1.807) is 11.3 Å². The Bertz CT molecular complexity index is 1340. The predicted octanol–water partition coefficient (Wildman–Crippen LogP) is 7.70. The number of halogens is 1. The van der Waals surface area contributed by atoms with Crippen LogP contribution in [0.1, 0.15) is 43.0 Å². The summed E-state index contributed by atoms with van der Waals surface area (Å²) in [7, 11) is 0. The van der Waals surface area contributed by atoms with Crippen LogP contribution in [0.15, 0.2) is 93.4 Å². The molecule has 5 rings (SSSR count). The minimum absolute atomic E-state index is 0.0354. The first-order valence-electron chi connectivity index (χ1n) is 11.2. The quantitative estimate of drug-likeness (QED) is 0.339. The number of benzene rings is 2. The van der Waals surface area contributed by atoms with Gasteiger partial charge in [0.15, 0.2) is 5.78 Å². The van der Waals surface area contributed by atoms with E-state index in [1.165, 1.54) is 0 Å². The number of hydrogen-bond donors (Lipinski definition) is 2. The Hall–Kier alpha value is -2.96. The zero-order valence-corrected chi connectivity index (χ0v) is 21.4. The standard InChI is InChI=1S/C28H25BrN2O2S/c1-28(2)15-20-23(21(32)16-28)24(22-12-7-13-34-22)25(26(33)17-8-4-3-5-9-17)27(30)31(20)19-11-6-10-18(29)14-19/h3-14,24,30,33H,15-16H2,1-2H3/b26-25+,30-27?. The number of anilines is 1. The summed E-state index contributed by atoms with van der Waals surface area (Å²) >= 11 is 5.11. The van der Waals surface area contributed by atoms with Gasteiger partial charge in [-0.1, -0.05) is 72.2 Å². The van der Waals surface area contributed by atoms with E-state index in [9.17, 15) is 15.3 Å². The number of carbonyl (C=O) groups excluding carboxylic acids is 1. The van der Waals surface area contributed by atoms with Crippen LogP contribution in [-0.4, -0.2) is 16.7 Å². The summed E-state index contributed by atoms with van der Waals surface area (Å²) in [6, 6.07) is 21.0. The molecule has 1 aliphatic heterocycles. The number of Topliss-reactive ketones (excluding diaryl/α,β-unsaturated/α-hetero) is 1. The zero-order chi connectivity index (χ0) is 24.0. The van der Waals surface area contributed by atoms with Crippen LogP contribution in [-0.2, 0) is 4.79 Å². The first-order valence-corrected chi connectivity index (χ1v) is 12.9. The molecule has 0 fully saturated rings.